The molecule has 2 aromatic rings. The number of nitrogens with two attached hydrogens (primary N) is 1. The number of rotatable bonds is 4. The Balaban J connectivity index is 2.17. The minimum Gasteiger partial charge on any atom is -0.491 e. The molecular weight excluding hydrogens is 278 g/mol. The first-order valence-electron chi connectivity index (χ1n) is 6.30. The van der Waals surface area contributed by atoms with Gasteiger partial charge in [-0.2, -0.15) is 0 Å². The van der Waals surface area contributed by atoms with Crippen LogP contribution in [-0.2, 0) is 0 Å². The van der Waals surface area contributed by atoms with Crippen molar-refractivity contribution in [3.63, 3.8) is 0 Å². The molecule has 3 N–H and O–H groups in total. The molecule has 2 aromatic carbocycles. The van der Waals surface area contributed by atoms with Gasteiger partial charge in [0.05, 0.1) is 12.2 Å². The summed E-state index contributed by atoms with van der Waals surface area (Å²) in [5, 5.41) is 2.41. The zero-order chi connectivity index (χ0) is 15.4. The van der Waals surface area contributed by atoms with Gasteiger partial charge in [0.2, 0.25) is 0 Å². The smallest absolute Gasteiger partial charge is 0.258 e. The number of benzene rings is 2. The Labute approximate surface area is 120 Å². The molecule has 6 heteroatoms. The second kappa shape index (κ2) is 6.21. The number of nitrogen functional groups attached to an aromatic ring is 1. The zero-order valence-corrected chi connectivity index (χ0v) is 11.3. The quantitative estimate of drug-likeness (QED) is 0.851. The van der Waals surface area contributed by atoms with E-state index in [1.54, 1.807) is 6.92 Å². The number of anilines is 2. The minimum atomic E-state index is -0.737. The van der Waals surface area contributed by atoms with Crippen LogP contribution in [0.2, 0.25) is 0 Å². The van der Waals surface area contributed by atoms with Crippen molar-refractivity contribution in [3.05, 3.63) is 53.6 Å². The van der Waals surface area contributed by atoms with Crippen molar-refractivity contribution in [2.24, 2.45) is 0 Å². The van der Waals surface area contributed by atoms with Gasteiger partial charge < -0.3 is 15.8 Å². The van der Waals surface area contributed by atoms with Gasteiger partial charge in [-0.1, -0.05) is 0 Å². The third-order valence-corrected chi connectivity index (χ3v) is 2.73. The maximum atomic E-state index is 13.7. The highest BCUT2D eigenvalue weighted by Crippen LogP contribution is 2.22. The summed E-state index contributed by atoms with van der Waals surface area (Å²) in [7, 11) is 0. The molecule has 0 unspecified atom stereocenters. The lowest BCUT2D eigenvalue weighted by Crippen LogP contribution is -2.14. The van der Waals surface area contributed by atoms with Gasteiger partial charge in [-0.25, -0.2) is 8.78 Å². The van der Waals surface area contributed by atoms with E-state index in [1.165, 1.54) is 24.3 Å². The van der Waals surface area contributed by atoms with Gasteiger partial charge in [-0.15, -0.1) is 0 Å². The van der Waals surface area contributed by atoms with Crippen LogP contribution in [0, 0.1) is 11.6 Å². The highest BCUT2D eigenvalue weighted by atomic mass is 19.1. The van der Waals surface area contributed by atoms with Crippen LogP contribution in [-0.4, -0.2) is 12.5 Å². The molecule has 0 fully saturated rings. The van der Waals surface area contributed by atoms with Crippen molar-refractivity contribution in [1.29, 1.82) is 0 Å². The second-order valence-corrected chi connectivity index (χ2v) is 4.27. The van der Waals surface area contributed by atoms with E-state index in [0.717, 1.165) is 12.1 Å². The molecule has 0 atom stereocenters. The third kappa shape index (κ3) is 3.47. The number of carbonyl (C=O) groups excluding carboxylic acids is 1. The summed E-state index contributed by atoms with van der Waals surface area (Å²) in [6, 6.07) is 7.71. The normalized spacial score (nSPS) is 10.2. The molecule has 0 aliphatic rings. The predicted octanol–water partition coefficient (Wildman–Crippen LogP) is 3.20. The van der Waals surface area contributed by atoms with Crippen LogP contribution in [0.3, 0.4) is 0 Å². The largest absolute Gasteiger partial charge is 0.491 e. The van der Waals surface area contributed by atoms with Gasteiger partial charge in [0.25, 0.3) is 5.91 Å². The number of hydrogen-bond acceptors (Lipinski definition) is 3. The predicted molar refractivity (Wildman–Crippen MR) is 76.3 cm³/mol. The summed E-state index contributed by atoms with van der Waals surface area (Å²) in [6.45, 7) is 2.07. The Hall–Kier alpha value is -2.63. The van der Waals surface area contributed by atoms with Crippen LogP contribution in [0.4, 0.5) is 20.2 Å². The van der Waals surface area contributed by atoms with Crippen molar-refractivity contribution in [3.8, 4) is 5.75 Å². The first kappa shape index (κ1) is 14.8. The molecule has 4 nitrogen and oxygen atoms in total. The molecule has 0 aliphatic heterocycles. The fourth-order valence-corrected chi connectivity index (χ4v) is 1.77. The standard InChI is InChI=1S/C15H14F2N2O2/c1-2-21-14-6-4-10(8-13(14)17)19-15(20)11-5-3-9(18)7-12(11)16/h3-8H,2,18H2,1H3,(H,19,20). The van der Waals surface area contributed by atoms with Gasteiger partial charge in [0.15, 0.2) is 11.6 Å². The van der Waals surface area contributed by atoms with Crippen LogP contribution in [0.15, 0.2) is 36.4 Å². The van der Waals surface area contributed by atoms with Crippen LogP contribution in [0.1, 0.15) is 17.3 Å². The number of halogens is 2. The summed E-state index contributed by atoms with van der Waals surface area (Å²) >= 11 is 0. The van der Waals surface area contributed by atoms with Crippen LogP contribution >= 0.6 is 0 Å². The summed E-state index contributed by atoms with van der Waals surface area (Å²) in [5.41, 5.74) is 5.67. The average molecular weight is 292 g/mol. The Morgan fingerprint density at radius 2 is 1.95 bits per heavy atom. The Morgan fingerprint density at radius 1 is 1.19 bits per heavy atom. The fourth-order valence-electron chi connectivity index (χ4n) is 1.77. The fraction of sp³-hybridized carbons (Fsp3) is 0.133. The molecule has 1 amide bonds. The maximum absolute atomic E-state index is 13.7. The van der Waals surface area contributed by atoms with Gasteiger partial charge in [-0.05, 0) is 37.3 Å². The Bertz CT molecular complexity index is 675. The molecule has 0 bridgehead atoms. The number of ether oxygens (including phenoxy) is 1. The third-order valence-electron chi connectivity index (χ3n) is 2.73. The minimum absolute atomic E-state index is 0.0918. The van der Waals surface area contributed by atoms with Crippen molar-refractivity contribution >= 4 is 17.3 Å². The SMILES string of the molecule is CCOc1ccc(NC(=O)c2ccc(N)cc2F)cc1F. The number of carbonyl (C=O) groups is 1. The van der Waals surface area contributed by atoms with Crippen molar-refractivity contribution in [1.82, 2.24) is 0 Å². The summed E-state index contributed by atoms with van der Waals surface area (Å²) in [4.78, 5) is 11.9. The topological polar surface area (TPSA) is 64.3 Å². The van der Waals surface area contributed by atoms with Crippen molar-refractivity contribution in [2.75, 3.05) is 17.7 Å². The van der Waals surface area contributed by atoms with E-state index in [2.05, 4.69) is 5.32 Å². The van der Waals surface area contributed by atoms with Gasteiger partial charge in [0, 0.05) is 17.4 Å². The number of nitrogens with one attached hydrogen (secondary N) is 1. The van der Waals surface area contributed by atoms with Gasteiger partial charge in [-0.3, -0.25) is 4.79 Å². The molecule has 110 valence electrons. The molecule has 0 aliphatic carbocycles. The van der Waals surface area contributed by atoms with Crippen molar-refractivity contribution in [2.45, 2.75) is 6.92 Å². The summed E-state index contributed by atoms with van der Waals surface area (Å²) in [5.74, 6) is -1.93. The van der Waals surface area contributed by atoms with E-state index >= 15 is 0 Å². The lowest BCUT2D eigenvalue weighted by Gasteiger charge is -2.09. The molecule has 0 aromatic heterocycles. The van der Waals surface area contributed by atoms with E-state index in [0.29, 0.717) is 6.61 Å². The molecule has 0 saturated heterocycles. The highest BCUT2D eigenvalue weighted by molar-refractivity contribution is 6.04. The van der Waals surface area contributed by atoms with Crippen LogP contribution in [0.25, 0.3) is 0 Å². The Morgan fingerprint density at radius 3 is 2.57 bits per heavy atom. The molecule has 0 spiro atoms. The molecule has 2 rings (SSSR count). The molecule has 0 radical (unpaired) electrons. The molecule has 21 heavy (non-hydrogen) atoms. The lowest BCUT2D eigenvalue weighted by molar-refractivity contribution is 0.102. The second-order valence-electron chi connectivity index (χ2n) is 4.27. The summed E-state index contributed by atoms with van der Waals surface area (Å²) < 4.78 is 32.3. The van der Waals surface area contributed by atoms with Gasteiger partial charge in [0.1, 0.15) is 5.82 Å². The zero-order valence-electron chi connectivity index (χ0n) is 11.3. The molecule has 0 saturated carbocycles. The molecule has 0 heterocycles. The van der Waals surface area contributed by atoms with Gasteiger partial charge >= 0.3 is 0 Å². The van der Waals surface area contributed by atoms with Crippen LogP contribution in [0.5, 0.6) is 5.75 Å². The Kier molecular flexibility index (Phi) is 4.37. The first-order chi connectivity index (χ1) is 10.0. The number of amides is 1. The highest BCUT2D eigenvalue weighted by Gasteiger charge is 2.13. The van der Waals surface area contributed by atoms with E-state index in [9.17, 15) is 13.6 Å². The van der Waals surface area contributed by atoms with E-state index < -0.39 is 17.5 Å². The summed E-state index contributed by atoms with van der Waals surface area (Å²) in [6.07, 6.45) is 0. The van der Waals surface area contributed by atoms with Crippen molar-refractivity contribution < 1.29 is 18.3 Å². The first-order valence-corrected chi connectivity index (χ1v) is 6.30. The van der Waals surface area contributed by atoms with E-state index in [1.807, 2.05) is 0 Å². The average Bonchev–Trinajstić information content (AvgIpc) is 2.41. The van der Waals surface area contributed by atoms with Crippen LogP contribution < -0.4 is 15.8 Å². The van der Waals surface area contributed by atoms with E-state index in [4.69, 9.17) is 10.5 Å². The number of hydrogen-bond donors (Lipinski definition) is 2. The monoisotopic (exact) mass is 292 g/mol. The maximum Gasteiger partial charge on any atom is 0.258 e. The van der Waals surface area contributed by atoms with E-state index in [-0.39, 0.29) is 22.7 Å². The lowest BCUT2D eigenvalue weighted by atomic mass is 10.1. The molecular formula is C15H14F2N2O2.